The zero-order chi connectivity index (χ0) is 21.3. The quantitative estimate of drug-likeness (QED) is 0.791. The van der Waals surface area contributed by atoms with Gasteiger partial charge < -0.3 is 14.9 Å². The molecule has 30 heavy (non-hydrogen) atoms. The molecule has 4 rings (SSSR count). The van der Waals surface area contributed by atoms with Gasteiger partial charge in [0.2, 0.25) is 5.91 Å². The minimum Gasteiger partial charge on any atom is -0.392 e. The van der Waals surface area contributed by atoms with Gasteiger partial charge in [0.05, 0.1) is 6.61 Å². The summed E-state index contributed by atoms with van der Waals surface area (Å²) in [7, 11) is 0. The van der Waals surface area contributed by atoms with E-state index in [9.17, 15) is 9.90 Å². The van der Waals surface area contributed by atoms with Gasteiger partial charge in [0.15, 0.2) is 0 Å². The third-order valence-corrected chi connectivity index (χ3v) is 6.63. The number of anilines is 1. The number of nitrogens with zero attached hydrogens (tertiary/aromatic N) is 4. The van der Waals surface area contributed by atoms with Crippen LogP contribution in [-0.4, -0.2) is 52.1 Å². The van der Waals surface area contributed by atoms with Crippen molar-refractivity contribution in [2.75, 3.05) is 31.1 Å². The van der Waals surface area contributed by atoms with Gasteiger partial charge in [-0.15, -0.1) is 0 Å². The minimum absolute atomic E-state index is 0.00342. The molecule has 1 aliphatic heterocycles. The molecule has 158 valence electrons. The average Bonchev–Trinajstić information content (AvgIpc) is 2.78. The number of aromatic nitrogens is 2. The number of aryl methyl sites for hydroxylation is 1. The van der Waals surface area contributed by atoms with E-state index in [4.69, 9.17) is 0 Å². The second-order valence-corrected chi connectivity index (χ2v) is 8.48. The number of rotatable bonds is 4. The van der Waals surface area contributed by atoms with Crippen LogP contribution in [0.2, 0.25) is 0 Å². The highest BCUT2D eigenvalue weighted by molar-refractivity contribution is 5.87. The summed E-state index contributed by atoms with van der Waals surface area (Å²) in [6.07, 6.45) is 4.89. The van der Waals surface area contributed by atoms with Gasteiger partial charge in [-0.05, 0) is 54.4 Å². The van der Waals surface area contributed by atoms with Crippen LogP contribution in [0.5, 0.6) is 0 Å². The van der Waals surface area contributed by atoms with Gasteiger partial charge in [0.1, 0.15) is 12.1 Å². The predicted molar refractivity (Wildman–Crippen MR) is 117 cm³/mol. The topological polar surface area (TPSA) is 69.6 Å². The van der Waals surface area contributed by atoms with Crippen LogP contribution in [0, 0.1) is 12.8 Å². The minimum atomic E-state index is -0.00342. The Balaban J connectivity index is 1.58. The third kappa shape index (κ3) is 3.84. The largest absolute Gasteiger partial charge is 0.392 e. The van der Waals surface area contributed by atoms with Crippen molar-refractivity contribution in [3.8, 4) is 0 Å². The molecule has 1 aromatic carbocycles. The van der Waals surface area contributed by atoms with Crippen molar-refractivity contribution >= 4 is 11.7 Å². The summed E-state index contributed by atoms with van der Waals surface area (Å²) in [4.78, 5) is 25.3. The highest BCUT2D eigenvalue weighted by Gasteiger charge is 2.32. The van der Waals surface area contributed by atoms with Gasteiger partial charge in [-0.2, -0.15) is 0 Å². The van der Waals surface area contributed by atoms with E-state index in [1.807, 2.05) is 11.0 Å². The normalized spacial score (nSPS) is 21.3. The second-order valence-electron chi connectivity index (χ2n) is 8.48. The average molecular weight is 407 g/mol. The first-order chi connectivity index (χ1) is 14.5. The fourth-order valence-electron chi connectivity index (χ4n) is 4.84. The summed E-state index contributed by atoms with van der Waals surface area (Å²) in [5.41, 5.74) is 5.92. The zero-order valence-corrected chi connectivity index (χ0v) is 17.8. The van der Waals surface area contributed by atoms with E-state index in [1.165, 1.54) is 22.8 Å². The first kappa shape index (κ1) is 20.5. The van der Waals surface area contributed by atoms with Crippen LogP contribution in [0.4, 0.5) is 5.82 Å². The number of carbonyl (C=O) groups excluding carboxylic acids is 1. The van der Waals surface area contributed by atoms with Crippen LogP contribution in [0.15, 0.2) is 37.2 Å². The molecule has 1 aromatic heterocycles. The molecular weight excluding hydrogens is 376 g/mol. The molecule has 1 saturated heterocycles. The molecule has 1 amide bonds. The maximum Gasteiger partial charge on any atom is 0.246 e. The van der Waals surface area contributed by atoms with Crippen molar-refractivity contribution in [1.82, 2.24) is 14.9 Å². The van der Waals surface area contributed by atoms with Crippen molar-refractivity contribution in [2.24, 2.45) is 5.92 Å². The molecule has 1 fully saturated rings. The van der Waals surface area contributed by atoms with Gasteiger partial charge >= 0.3 is 0 Å². The Morgan fingerprint density at radius 2 is 2.00 bits per heavy atom. The van der Waals surface area contributed by atoms with E-state index < -0.39 is 0 Å². The summed E-state index contributed by atoms with van der Waals surface area (Å²) in [5, 5.41) is 9.57. The van der Waals surface area contributed by atoms with Crippen molar-refractivity contribution in [3.05, 3.63) is 65.1 Å². The molecule has 2 aliphatic rings. The van der Waals surface area contributed by atoms with E-state index in [1.54, 1.807) is 6.33 Å². The fourth-order valence-corrected chi connectivity index (χ4v) is 4.84. The van der Waals surface area contributed by atoms with Crippen molar-refractivity contribution in [2.45, 2.75) is 39.2 Å². The maximum atomic E-state index is 11.9. The Bertz CT molecular complexity index is 950. The van der Waals surface area contributed by atoms with Crippen LogP contribution < -0.4 is 4.90 Å². The number of aliphatic hydroxyl groups is 1. The Morgan fingerprint density at radius 3 is 2.70 bits per heavy atom. The van der Waals surface area contributed by atoms with Gasteiger partial charge in [0.25, 0.3) is 0 Å². The van der Waals surface area contributed by atoms with Crippen molar-refractivity contribution in [3.63, 3.8) is 0 Å². The monoisotopic (exact) mass is 406 g/mol. The number of benzene rings is 1. The number of amides is 1. The first-order valence-electron chi connectivity index (χ1n) is 10.7. The fraction of sp³-hybridized carbons (Fsp3) is 0.458. The molecule has 0 unspecified atom stereocenters. The van der Waals surface area contributed by atoms with E-state index >= 15 is 0 Å². The third-order valence-electron chi connectivity index (χ3n) is 6.63. The number of fused-ring (bicyclic) bond motifs is 1. The molecule has 0 bridgehead atoms. The van der Waals surface area contributed by atoms with E-state index in [0.29, 0.717) is 24.9 Å². The molecule has 6 heteroatoms. The lowest BCUT2D eigenvalue weighted by atomic mass is 9.74. The van der Waals surface area contributed by atoms with Crippen molar-refractivity contribution < 1.29 is 9.90 Å². The molecule has 2 heterocycles. The van der Waals surface area contributed by atoms with Gasteiger partial charge in [0, 0.05) is 37.4 Å². The summed E-state index contributed by atoms with van der Waals surface area (Å²) >= 11 is 0. The van der Waals surface area contributed by atoms with Gasteiger partial charge in [-0.3, -0.25) is 4.79 Å². The number of hydrogen-bond acceptors (Lipinski definition) is 5. The molecular formula is C24H30N4O2. The summed E-state index contributed by atoms with van der Waals surface area (Å²) < 4.78 is 0. The highest BCUT2D eigenvalue weighted by atomic mass is 16.3. The van der Waals surface area contributed by atoms with E-state index in [-0.39, 0.29) is 12.5 Å². The predicted octanol–water partition coefficient (Wildman–Crippen LogP) is 2.63. The number of aliphatic hydroxyl groups excluding tert-OH is 1. The molecule has 1 aliphatic carbocycles. The summed E-state index contributed by atoms with van der Waals surface area (Å²) in [6.45, 7) is 11.0. The Morgan fingerprint density at radius 1 is 1.23 bits per heavy atom. The second kappa shape index (κ2) is 8.56. The van der Waals surface area contributed by atoms with Crippen LogP contribution >= 0.6 is 0 Å². The molecule has 1 N–H and O–H groups in total. The van der Waals surface area contributed by atoms with E-state index in [2.05, 4.69) is 47.4 Å². The standard InChI is InChI=1S/C24H30N4O2/c1-4-23(30)27-7-9-28(10-8-27)24-21-11-17(3)20(13-22(21)25-15-26-24)19-12-18(14-29)6-5-16(19)2/h4-6,12,15,17,20,29H,1,7-11,13-14H2,2-3H3/t17-,20-/m1/s1. The molecule has 2 atom stereocenters. The van der Waals surface area contributed by atoms with Crippen molar-refractivity contribution in [1.29, 1.82) is 0 Å². The number of piperazine rings is 1. The number of carbonyl (C=O) groups is 1. The molecule has 0 spiro atoms. The van der Waals surface area contributed by atoms with E-state index in [0.717, 1.165) is 43.0 Å². The van der Waals surface area contributed by atoms with Gasteiger partial charge in [-0.25, -0.2) is 9.97 Å². The summed E-state index contributed by atoms with van der Waals surface area (Å²) in [5.74, 6) is 1.86. The molecule has 6 nitrogen and oxygen atoms in total. The van der Waals surface area contributed by atoms with Crippen LogP contribution in [-0.2, 0) is 24.2 Å². The lowest BCUT2D eigenvalue weighted by Gasteiger charge is -2.38. The smallest absolute Gasteiger partial charge is 0.246 e. The van der Waals surface area contributed by atoms with Crippen LogP contribution in [0.25, 0.3) is 0 Å². The SMILES string of the molecule is C=CC(=O)N1CCN(c2ncnc3c2C[C@@H](C)[C@H](c2cc(CO)ccc2C)C3)CC1. The summed E-state index contributed by atoms with van der Waals surface area (Å²) in [6, 6.07) is 6.26. The lowest BCUT2D eigenvalue weighted by Crippen LogP contribution is -2.49. The Hall–Kier alpha value is -2.73. The lowest BCUT2D eigenvalue weighted by molar-refractivity contribution is -0.126. The zero-order valence-electron chi connectivity index (χ0n) is 17.8. The van der Waals surface area contributed by atoms with Crippen LogP contribution in [0.3, 0.4) is 0 Å². The maximum absolute atomic E-state index is 11.9. The molecule has 0 saturated carbocycles. The number of hydrogen-bond donors (Lipinski definition) is 1. The van der Waals surface area contributed by atoms with Crippen LogP contribution in [0.1, 0.15) is 40.8 Å². The molecule has 0 radical (unpaired) electrons. The first-order valence-corrected chi connectivity index (χ1v) is 10.7. The molecule has 2 aromatic rings. The Kier molecular flexibility index (Phi) is 5.86. The highest BCUT2D eigenvalue weighted by Crippen LogP contribution is 2.40. The Labute approximate surface area is 178 Å². The van der Waals surface area contributed by atoms with Gasteiger partial charge in [-0.1, -0.05) is 31.7 Å².